The maximum absolute atomic E-state index is 12.3. The Bertz CT molecular complexity index is 901. The summed E-state index contributed by atoms with van der Waals surface area (Å²) in [4.78, 5) is 22.8. The Balaban J connectivity index is 2.10. The first-order valence-corrected chi connectivity index (χ1v) is 8.01. The second-order valence-corrected chi connectivity index (χ2v) is 5.56. The van der Waals surface area contributed by atoms with Gasteiger partial charge in [-0.15, -0.1) is 0 Å². The molecule has 2 rings (SSSR count). The number of rotatable bonds is 7. The summed E-state index contributed by atoms with van der Waals surface area (Å²) in [5, 5.41) is 25.6. The summed E-state index contributed by atoms with van der Waals surface area (Å²) >= 11 is 0. The molecule has 8 nitrogen and oxygen atoms in total. The Labute approximate surface area is 156 Å². The van der Waals surface area contributed by atoms with Crippen LogP contribution in [0.25, 0.3) is 0 Å². The van der Waals surface area contributed by atoms with Crippen molar-refractivity contribution in [3.63, 3.8) is 0 Å². The van der Waals surface area contributed by atoms with Crippen molar-refractivity contribution in [2.24, 2.45) is 0 Å². The number of benzene rings is 2. The van der Waals surface area contributed by atoms with Crippen LogP contribution in [0.1, 0.15) is 18.5 Å². The van der Waals surface area contributed by atoms with Crippen LogP contribution in [0, 0.1) is 21.4 Å². The molecule has 0 radical (unpaired) electrons. The van der Waals surface area contributed by atoms with Crippen molar-refractivity contribution in [2.45, 2.75) is 13.0 Å². The molecule has 0 fully saturated rings. The molecule has 0 aliphatic rings. The molecule has 1 unspecified atom stereocenters. The summed E-state index contributed by atoms with van der Waals surface area (Å²) < 4.78 is 5.09. The van der Waals surface area contributed by atoms with E-state index in [4.69, 9.17) is 4.74 Å². The highest BCUT2D eigenvalue weighted by molar-refractivity contribution is 5.97. The van der Waals surface area contributed by atoms with Crippen LogP contribution in [-0.2, 0) is 4.79 Å². The molecule has 0 saturated carbocycles. The Morgan fingerprint density at radius 2 is 1.93 bits per heavy atom. The number of amides is 1. The number of ether oxygens (including phenoxy) is 1. The third-order valence-electron chi connectivity index (χ3n) is 3.80. The van der Waals surface area contributed by atoms with E-state index in [1.54, 1.807) is 38.3 Å². The van der Waals surface area contributed by atoms with Gasteiger partial charge in [0.1, 0.15) is 23.1 Å². The first-order valence-electron chi connectivity index (χ1n) is 8.01. The predicted molar refractivity (Wildman–Crippen MR) is 100.0 cm³/mol. The van der Waals surface area contributed by atoms with E-state index < -0.39 is 10.8 Å². The van der Waals surface area contributed by atoms with Crippen molar-refractivity contribution in [3.8, 4) is 11.8 Å². The van der Waals surface area contributed by atoms with E-state index in [1.807, 2.05) is 12.1 Å². The van der Waals surface area contributed by atoms with Gasteiger partial charge in [0.15, 0.2) is 0 Å². The number of carbonyl (C=O) groups excluding carboxylic acids is 1. The van der Waals surface area contributed by atoms with Crippen LogP contribution < -0.4 is 15.4 Å². The van der Waals surface area contributed by atoms with Crippen LogP contribution in [0.3, 0.4) is 0 Å². The standard InChI is InChI=1S/C19H18N4O4/c1-13(14-7-9-16(27-2)10-8-14)22-19(24)15(11-20)12-21-17-5-3-4-6-18(17)23(25)26/h3-10,12-13,21H,1-2H3,(H,22,24)/b15-12-. The summed E-state index contributed by atoms with van der Waals surface area (Å²) in [6.07, 6.45) is 1.15. The second kappa shape index (κ2) is 9.01. The molecular weight excluding hydrogens is 348 g/mol. The van der Waals surface area contributed by atoms with Crippen molar-refractivity contribution in [1.82, 2.24) is 5.32 Å². The minimum Gasteiger partial charge on any atom is -0.497 e. The normalized spacial score (nSPS) is 11.8. The van der Waals surface area contributed by atoms with Gasteiger partial charge in [-0.25, -0.2) is 0 Å². The molecule has 0 spiro atoms. The van der Waals surface area contributed by atoms with E-state index in [0.717, 1.165) is 11.8 Å². The van der Waals surface area contributed by atoms with Crippen molar-refractivity contribution in [3.05, 3.63) is 76.0 Å². The molecule has 0 aliphatic carbocycles. The molecule has 8 heteroatoms. The Morgan fingerprint density at radius 3 is 2.52 bits per heavy atom. The zero-order valence-corrected chi connectivity index (χ0v) is 14.8. The van der Waals surface area contributed by atoms with E-state index in [0.29, 0.717) is 5.75 Å². The number of carbonyl (C=O) groups is 1. The molecular formula is C19H18N4O4. The van der Waals surface area contributed by atoms with E-state index >= 15 is 0 Å². The van der Waals surface area contributed by atoms with Gasteiger partial charge in [0.2, 0.25) is 0 Å². The lowest BCUT2D eigenvalue weighted by atomic mass is 10.1. The van der Waals surface area contributed by atoms with Gasteiger partial charge in [-0.3, -0.25) is 14.9 Å². The second-order valence-electron chi connectivity index (χ2n) is 5.56. The molecule has 1 atom stereocenters. The largest absolute Gasteiger partial charge is 0.497 e. The molecule has 2 aromatic rings. The van der Waals surface area contributed by atoms with Crippen molar-refractivity contribution in [1.29, 1.82) is 5.26 Å². The monoisotopic (exact) mass is 366 g/mol. The minimum atomic E-state index is -0.591. The average molecular weight is 366 g/mol. The van der Waals surface area contributed by atoms with Gasteiger partial charge in [-0.05, 0) is 30.7 Å². The van der Waals surface area contributed by atoms with Gasteiger partial charge in [0.05, 0.1) is 18.1 Å². The number of methoxy groups -OCH3 is 1. The fourth-order valence-electron chi connectivity index (χ4n) is 2.30. The van der Waals surface area contributed by atoms with E-state index in [1.165, 1.54) is 18.2 Å². The fraction of sp³-hybridized carbons (Fsp3) is 0.158. The molecule has 1 amide bonds. The van der Waals surface area contributed by atoms with Gasteiger partial charge < -0.3 is 15.4 Å². The quantitative estimate of drug-likeness (QED) is 0.336. The van der Waals surface area contributed by atoms with Crippen LogP contribution in [-0.4, -0.2) is 17.9 Å². The third kappa shape index (κ3) is 5.06. The predicted octanol–water partition coefficient (Wildman–Crippen LogP) is 3.30. The summed E-state index contributed by atoms with van der Waals surface area (Å²) in [7, 11) is 1.56. The van der Waals surface area contributed by atoms with Gasteiger partial charge in [-0.1, -0.05) is 24.3 Å². The number of hydrogen-bond acceptors (Lipinski definition) is 6. The molecule has 2 N–H and O–H groups in total. The summed E-state index contributed by atoms with van der Waals surface area (Å²) in [5.41, 5.74) is 0.672. The zero-order valence-electron chi connectivity index (χ0n) is 14.8. The number of nitro groups is 1. The smallest absolute Gasteiger partial charge is 0.292 e. The van der Waals surface area contributed by atoms with E-state index in [9.17, 15) is 20.2 Å². The Hall–Kier alpha value is -3.86. The number of nitro benzene ring substituents is 1. The number of anilines is 1. The first kappa shape index (κ1) is 19.5. The van der Waals surface area contributed by atoms with Crippen LogP contribution in [0.2, 0.25) is 0 Å². The Morgan fingerprint density at radius 1 is 1.26 bits per heavy atom. The summed E-state index contributed by atoms with van der Waals surface area (Å²) in [5.74, 6) is 0.107. The molecule has 0 aliphatic heterocycles. The lowest BCUT2D eigenvalue weighted by Gasteiger charge is -2.14. The van der Waals surface area contributed by atoms with E-state index in [2.05, 4.69) is 10.6 Å². The lowest BCUT2D eigenvalue weighted by molar-refractivity contribution is -0.383. The molecule has 2 aromatic carbocycles. The highest BCUT2D eigenvalue weighted by Crippen LogP contribution is 2.23. The van der Waals surface area contributed by atoms with Gasteiger partial charge in [0, 0.05) is 12.3 Å². The van der Waals surface area contributed by atoms with Gasteiger partial charge in [0.25, 0.3) is 11.6 Å². The summed E-state index contributed by atoms with van der Waals surface area (Å²) in [6, 6.07) is 14.6. The number of para-hydroxylation sites is 2. The maximum atomic E-state index is 12.3. The van der Waals surface area contributed by atoms with E-state index in [-0.39, 0.29) is 23.0 Å². The van der Waals surface area contributed by atoms with Crippen molar-refractivity contribution in [2.75, 3.05) is 12.4 Å². The number of nitrogens with one attached hydrogen (secondary N) is 2. The molecule has 138 valence electrons. The molecule has 27 heavy (non-hydrogen) atoms. The van der Waals surface area contributed by atoms with Crippen molar-refractivity contribution >= 4 is 17.3 Å². The SMILES string of the molecule is COc1ccc(C(C)NC(=O)/C(C#N)=C\Nc2ccccc2[N+](=O)[O-])cc1. The van der Waals surface area contributed by atoms with Gasteiger partial charge >= 0.3 is 0 Å². The van der Waals surface area contributed by atoms with Crippen LogP contribution in [0.15, 0.2) is 60.3 Å². The lowest BCUT2D eigenvalue weighted by Crippen LogP contribution is -2.28. The fourth-order valence-corrected chi connectivity index (χ4v) is 2.30. The molecule has 0 saturated heterocycles. The summed E-state index contributed by atoms with van der Waals surface area (Å²) in [6.45, 7) is 1.78. The minimum absolute atomic E-state index is 0.155. The number of hydrogen-bond donors (Lipinski definition) is 2. The molecule has 0 aromatic heterocycles. The highest BCUT2D eigenvalue weighted by atomic mass is 16.6. The maximum Gasteiger partial charge on any atom is 0.292 e. The topological polar surface area (TPSA) is 117 Å². The molecule has 0 heterocycles. The number of nitrogens with zero attached hydrogens (tertiary/aromatic N) is 2. The first-order chi connectivity index (χ1) is 13.0. The Kier molecular flexibility index (Phi) is 6.49. The molecule has 0 bridgehead atoms. The number of nitriles is 1. The zero-order chi connectivity index (χ0) is 19.8. The van der Waals surface area contributed by atoms with Crippen LogP contribution >= 0.6 is 0 Å². The van der Waals surface area contributed by atoms with Gasteiger partial charge in [-0.2, -0.15) is 5.26 Å². The van der Waals surface area contributed by atoms with Crippen molar-refractivity contribution < 1.29 is 14.5 Å². The third-order valence-corrected chi connectivity index (χ3v) is 3.80. The van der Waals surface area contributed by atoms with Crippen LogP contribution in [0.4, 0.5) is 11.4 Å². The average Bonchev–Trinajstić information content (AvgIpc) is 2.68. The van der Waals surface area contributed by atoms with Crippen LogP contribution in [0.5, 0.6) is 5.75 Å². The highest BCUT2D eigenvalue weighted by Gasteiger charge is 2.15.